The van der Waals surface area contributed by atoms with Gasteiger partial charge in [-0.3, -0.25) is 4.79 Å². The Morgan fingerprint density at radius 2 is 1.79 bits per heavy atom. The van der Waals surface area contributed by atoms with Crippen LogP contribution >= 0.6 is 0 Å². The first kappa shape index (κ1) is 15.7. The Bertz CT molecular complexity index is 421. The Morgan fingerprint density at radius 1 is 1.26 bits per heavy atom. The van der Waals surface area contributed by atoms with E-state index in [1.807, 2.05) is 13.8 Å². The molecule has 3 nitrogen and oxygen atoms in total. The molecule has 0 aliphatic carbocycles. The second-order valence-electron chi connectivity index (χ2n) is 6.12. The van der Waals surface area contributed by atoms with Crippen LogP contribution < -0.4 is 11.1 Å². The van der Waals surface area contributed by atoms with Crippen LogP contribution in [0.5, 0.6) is 0 Å². The van der Waals surface area contributed by atoms with Crippen LogP contribution in [0.2, 0.25) is 0 Å². The van der Waals surface area contributed by atoms with Crippen LogP contribution in [0.25, 0.3) is 0 Å². The van der Waals surface area contributed by atoms with Crippen molar-refractivity contribution in [2.75, 3.05) is 6.54 Å². The van der Waals surface area contributed by atoms with Gasteiger partial charge in [-0.1, -0.05) is 50.6 Å². The summed E-state index contributed by atoms with van der Waals surface area (Å²) in [6.45, 7) is 10.7. The lowest BCUT2D eigenvalue weighted by molar-refractivity contribution is -0.125. The number of nitrogens with two attached hydrogens (primary N) is 1. The van der Waals surface area contributed by atoms with Gasteiger partial charge >= 0.3 is 0 Å². The first-order valence-electron chi connectivity index (χ1n) is 6.84. The predicted octanol–water partition coefficient (Wildman–Crippen LogP) is 2.37. The van der Waals surface area contributed by atoms with Gasteiger partial charge in [0.15, 0.2) is 0 Å². The topological polar surface area (TPSA) is 55.1 Å². The van der Waals surface area contributed by atoms with Crippen LogP contribution in [0.3, 0.4) is 0 Å². The summed E-state index contributed by atoms with van der Waals surface area (Å²) in [4.78, 5) is 11.9. The smallest absolute Gasteiger partial charge is 0.224 e. The van der Waals surface area contributed by atoms with Gasteiger partial charge < -0.3 is 11.1 Å². The molecule has 2 unspecified atom stereocenters. The van der Waals surface area contributed by atoms with Crippen LogP contribution in [0, 0.1) is 12.8 Å². The first-order chi connectivity index (χ1) is 8.74. The number of carbonyl (C=O) groups excluding carboxylic acids is 1. The molecule has 2 atom stereocenters. The molecular weight excluding hydrogens is 236 g/mol. The van der Waals surface area contributed by atoms with Gasteiger partial charge in [0.05, 0.1) is 0 Å². The second-order valence-corrected chi connectivity index (χ2v) is 6.12. The van der Waals surface area contributed by atoms with E-state index in [0.717, 1.165) is 0 Å². The largest absolute Gasteiger partial charge is 0.355 e. The zero-order chi connectivity index (χ0) is 14.6. The van der Waals surface area contributed by atoms with Crippen LogP contribution in [-0.2, 0) is 10.2 Å². The van der Waals surface area contributed by atoms with Gasteiger partial charge in [-0.25, -0.2) is 0 Å². The molecule has 0 radical (unpaired) electrons. The van der Waals surface area contributed by atoms with Gasteiger partial charge in [0.25, 0.3) is 0 Å². The molecule has 106 valence electrons. The fourth-order valence-corrected chi connectivity index (χ4v) is 1.81. The summed E-state index contributed by atoms with van der Waals surface area (Å²) in [6.07, 6.45) is 0. The third kappa shape index (κ3) is 4.35. The molecule has 3 heteroatoms. The van der Waals surface area contributed by atoms with Gasteiger partial charge in [0.1, 0.15) is 0 Å². The predicted molar refractivity (Wildman–Crippen MR) is 80.0 cm³/mol. The first-order valence-corrected chi connectivity index (χ1v) is 6.84. The van der Waals surface area contributed by atoms with E-state index >= 15 is 0 Å². The fraction of sp³-hybridized carbons (Fsp3) is 0.562. The highest BCUT2D eigenvalue weighted by Crippen LogP contribution is 2.22. The molecule has 0 fully saturated rings. The minimum atomic E-state index is -0.159. The van der Waals surface area contributed by atoms with Crippen molar-refractivity contribution in [3.63, 3.8) is 0 Å². The van der Waals surface area contributed by atoms with Crippen molar-refractivity contribution in [2.24, 2.45) is 11.7 Å². The summed E-state index contributed by atoms with van der Waals surface area (Å²) >= 11 is 0. The van der Waals surface area contributed by atoms with E-state index in [4.69, 9.17) is 5.73 Å². The lowest BCUT2D eigenvalue weighted by Crippen LogP contribution is -2.43. The van der Waals surface area contributed by atoms with E-state index in [0.29, 0.717) is 6.54 Å². The molecule has 1 aromatic carbocycles. The highest BCUT2D eigenvalue weighted by molar-refractivity contribution is 5.79. The van der Waals surface area contributed by atoms with Gasteiger partial charge in [0, 0.05) is 23.9 Å². The number of nitrogens with one attached hydrogen (secondary N) is 1. The molecule has 1 rings (SSSR count). The number of rotatable bonds is 5. The van der Waals surface area contributed by atoms with E-state index in [9.17, 15) is 4.79 Å². The Kier molecular flexibility index (Phi) is 5.12. The molecule has 0 bridgehead atoms. The summed E-state index contributed by atoms with van der Waals surface area (Å²) < 4.78 is 0. The molecule has 0 aromatic heterocycles. The van der Waals surface area contributed by atoms with Crippen LogP contribution in [-0.4, -0.2) is 18.5 Å². The van der Waals surface area contributed by atoms with E-state index in [1.54, 1.807) is 0 Å². The van der Waals surface area contributed by atoms with Crippen LogP contribution in [0.15, 0.2) is 24.3 Å². The van der Waals surface area contributed by atoms with Gasteiger partial charge in [-0.2, -0.15) is 0 Å². The monoisotopic (exact) mass is 262 g/mol. The fourth-order valence-electron chi connectivity index (χ4n) is 1.81. The van der Waals surface area contributed by atoms with E-state index in [2.05, 4.69) is 50.4 Å². The molecule has 0 spiro atoms. The second kappa shape index (κ2) is 6.20. The Morgan fingerprint density at radius 3 is 2.26 bits per heavy atom. The van der Waals surface area contributed by atoms with Crippen molar-refractivity contribution in [3.05, 3.63) is 35.4 Å². The molecule has 1 aromatic rings. The molecule has 0 aliphatic heterocycles. The minimum absolute atomic E-state index is 0.0233. The van der Waals surface area contributed by atoms with Crippen LogP contribution in [0.1, 0.15) is 38.8 Å². The van der Waals surface area contributed by atoms with Crippen LogP contribution in [0.4, 0.5) is 0 Å². The summed E-state index contributed by atoms with van der Waals surface area (Å²) in [5, 5.41) is 3.00. The Hall–Kier alpha value is -1.35. The molecule has 0 saturated heterocycles. The molecule has 3 N–H and O–H groups in total. The quantitative estimate of drug-likeness (QED) is 0.856. The lowest BCUT2D eigenvalue weighted by Gasteiger charge is -2.27. The molecule has 0 saturated carbocycles. The van der Waals surface area contributed by atoms with Gasteiger partial charge in [-0.15, -0.1) is 0 Å². The normalized spacial score (nSPS) is 14.8. The third-order valence-electron chi connectivity index (χ3n) is 3.74. The maximum atomic E-state index is 11.9. The summed E-state index contributed by atoms with van der Waals surface area (Å²) in [6, 6.07) is 8.32. The number of benzene rings is 1. The summed E-state index contributed by atoms with van der Waals surface area (Å²) in [5.41, 5.74) is 8.13. The maximum Gasteiger partial charge on any atom is 0.224 e. The maximum absolute atomic E-state index is 11.9. The number of hydrogen-bond acceptors (Lipinski definition) is 2. The zero-order valence-corrected chi connectivity index (χ0v) is 12.7. The Labute approximate surface area is 116 Å². The van der Waals surface area contributed by atoms with Crippen molar-refractivity contribution in [1.82, 2.24) is 5.32 Å². The third-order valence-corrected chi connectivity index (χ3v) is 3.74. The molecular formula is C16H26N2O. The van der Waals surface area contributed by atoms with Crippen molar-refractivity contribution in [1.29, 1.82) is 0 Å². The Balaban J connectivity index is 2.65. The standard InChI is InChI=1S/C16H26N2O/c1-11-6-8-14(9-7-11)16(4,5)10-18-15(19)12(2)13(3)17/h6-9,12-13H,10,17H2,1-5H3,(H,18,19). The van der Waals surface area contributed by atoms with Gasteiger partial charge in [0.2, 0.25) is 5.91 Å². The van der Waals surface area contributed by atoms with Crippen molar-refractivity contribution in [2.45, 2.75) is 46.1 Å². The van der Waals surface area contributed by atoms with E-state index in [-0.39, 0.29) is 23.3 Å². The average Bonchev–Trinajstić information content (AvgIpc) is 2.35. The van der Waals surface area contributed by atoms with Crippen molar-refractivity contribution < 1.29 is 4.79 Å². The number of hydrogen-bond donors (Lipinski definition) is 2. The number of carbonyl (C=O) groups is 1. The average molecular weight is 262 g/mol. The molecule has 19 heavy (non-hydrogen) atoms. The molecule has 0 heterocycles. The summed E-state index contributed by atoms with van der Waals surface area (Å²) in [7, 11) is 0. The number of amides is 1. The molecule has 1 amide bonds. The highest BCUT2D eigenvalue weighted by atomic mass is 16.1. The zero-order valence-electron chi connectivity index (χ0n) is 12.7. The highest BCUT2D eigenvalue weighted by Gasteiger charge is 2.23. The van der Waals surface area contributed by atoms with E-state index in [1.165, 1.54) is 11.1 Å². The van der Waals surface area contributed by atoms with Crippen molar-refractivity contribution in [3.8, 4) is 0 Å². The number of aryl methyl sites for hydroxylation is 1. The van der Waals surface area contributed by atoms with Crippen molar-refractivity contribution >= 4 is 5.91 Å². The lowest BCUT2D eigenvalue weighted by atomic mass is 9.84. The SMILES string of the molecule is Cc1ccc(C(C)(C)CNC(=O)C(C)C(C)N)cc1. The van der Waals surface area contributed by atoms with Gasteiger partial charge in [-0.05, 0) is 19.4 Å². The molecule has 0 aliphatic rings. The minimum Gasteiger partial charge on any atom is -0.355 e. The van der Waals surface area contributed by atoms with E-state index < -0.39 is 0 Å². The summed E-state index contributed by atoms with van der Waals surface area (Å²) in [5.74, 6) is -0.135.